The highest BCUT2D eigenvalue weighted by Gasteiger charge is 2.22. The Bertz CT molecular complexity index is 922. The molecule has 0 saturated carbocycles. The normalized spacial score (nSPS) is 12.5. The van der Waals surface area contributed by atoms with Gasteiger partial charge in [0, 0.05) is 18.5 Å². The van der Waals surface area contributed by atoms with Gasteiger partial charge in [-0.3, -0.25) is 4.79 Å². The van der Waals surface area contributed by atoms with Crippen LogP contribution >= 0.6 is 0 Å². The third-order valence-corrected chi connectivity index (χ3v) is 5.97. The summed E-state index contributed by atoms with van der Waals surface area (Å²) in [5.41, 5.74) is 0.807. The molecule has 0 N–H and O–H groups in total. The van der Waals surface area contributed by atoms with Crippen LogP contribution in [0.15, 0.2) is 53.4 Å². The van der Waals surface area contributed by atoms with Crippen LogP contribution in [0.2, 0.25) is 0 Å². The van der Waals surface area contributed by atoms with Gasteiger partial charge in [-0.2, -0.15) is 8.42 Å². The zero-order chi connectivity index (χ0) is 21.6. The molecule has 0 aromatic heterocycles. The monoisotopic (exact) mass is 419 g/mol. The second-order valence-electron chi connectivity index (χ2n) is 7.24. The van der Waals surface area contributed by atoms with E-state index >= 15 is 0 Å². The number of amides is 1. The van der Waals surface area contributed by atoms with Gasteiger partial charge >= 0.3 is 10.1 Å². The van der Waals surface area contributed by atoms with Crippen LogP contribution in [-0.2, 0) is 21.5 Å². The SMILES string of the molecule is CC[C@H](C)N(Cc1cccc(OS(=O)(=O)c2ccc(OC)cc2)c1)C(=O)C(C)C. The Labute approximate surface area is 173 Å². The fourth-order valence-corrected chi connectivity index (χ4v) is 3.74. The van der Waals surface area contributed by atoms with Crippen molar-refractivity contribution in [2.75, 3.05) is 7.11 Å². The van der Waals surface area contributed by atoms with Gasteiger partial charge in [-0.15, -0.1) is 0 Å². The van der Waals surface area contributed by atoms with Gasteiger partial charge in [0.25, 0.3) is 0 Å². The summed E-state index contributed by atoms with van der Waals surface area (Å²) in [7, 11) is -2.46. The minimum Gasteiger partial charge on any atom is -0.497 e. The van der Waals surface area contributed by atoms with E-state index < -0.39 is 10.1 Å². The van der Waals surface area contributed by atoms with Crippen LogP contribution in [0, 0.1) is 5.92 Å². The molecule has 2 aromatic carbocycles. The van der Waals surface area contributed by atoms with Gasteiger partial charge < -0.3 is 13.8 Å². The average molecular weight is 420 g/mol. The Morgan fingerprint density at radius 3 is 2.24 bits per heavy atom. The number of carbonyl (C=O) groups is 1. The van der Waals surface area contributed by atoms with Gasteiger partial charge in [0.05, 0.1) is 7.11 Å². The van der Waals surface area contributed by atoms with Crippen molar-refractivity contribution in [3.8, 4) is 11.5 Å². The van der Waals surface area contributed by atoms with Crippen molar-refractivity contribution in [3.63, 3.8) is 0 Å². The summed E-state index contributed by atoms with van der Waals surface area (Å²) in [6.45, 7) is 8.18. The van der Waals surface area contributed by atoms with Crippen LogP contribution in [0.3, 0.4) is 0 Å². The minimum atomic E-state index is -3.97. The first-order chi connectivity index (χ1) is 13.7. The average Bonchev–Trinajstić information content (AvgIpc) is 2.70. The van der Waals surface area contributed by atoms with Crippen molar-refractivity contribution in [2.24, 2.45) is 5.92 Å². The summed E-state index contributed by atoms with van der Waals surface area (Å²) >= 11 is 0. The molecule has 0 aliphatic heterocycles. The Morgan fingerprint density at radius 1 is 1.03 bits per heavy atom. The second kappa shape index (κ2) is 9.78. The largest absolute Gasteiger partial charge is 0.497 e. The predicted molar refractivity (Wildman–Crippen MR) is 112 cm³/mol. The Hall–Kier alpha value is -2.54. The lowest BCUT2D eigenvalue weighted by Crippen LogP contribution is -2.40. The van der Waals surface area contributed by atoms with E-state index in [1.54, 1.807) is 30.3 Å². The molecule has 0 unspecified atom stereocenters. The zero-order valence-electron chi connectivity index (χ0n) is 17.6. The summed E-state index contributed by atoms with van der Waals surface area (Å²) in [5.74, 6) is 0.723. The van der Waals surface area contributed by atoms with E-state index in [0.717, 1.165) is 12.0 Å². The maximum absolute atomic E-state index is 12.6. The van der Waals surface area contributed by atoms with E-state index in [1.165, 1.54) is 19.2 Å². The molecule has 0 fully saturated rings. The molecule has 1 atom stereocenters. The van der Waals surface area contributed by atoms with Gasteiger partial charge in [-0.25, -0.2) is 0 Å². The Morgan fingerprint density at radius 2 is 1.69 bits per heavy atom. The number of rotatable bonds is 9. The van der Waals surface area contributed by atoms with Crippen LogP contribution in [0.5, 0.6) is 11.5 Å². The number of hydrogen-bond acceptors (Lipinski definition) is 5. The Balaban J connectivity index is 2.22. The van der Waals surface area contributed by atoms with Crippen LogP contribution in [0.1, 0.15) is 39.7 Å². The predicted octanol–water partition coefficient (Wildman–Crippen LogP) is 4.25. The van der Waals surface area contributed by atoms with Gasteiger partial charge in [0.15, 0.2) is 0 Å². The molecule has 29 heavy (non-hydrogen) atoms. The van der Waals surface area contributed by atoms with Crippen molar-refractivity contribution in [3.05, 3.63) is 54.1 Å². The van der Waals surface area contributed by atoms with E-state index in [1.807, 2.05) is 38.7 Å². The van der Waals surface area contributed by atoms with E-state index in [9.17, 15) is 13.2 Å². The van der Waals surface area contributed by atoms with Crippen molar-refractivity contribution in [1.82, 2.24) is 4.90 Å². The van der Waals surface area contributed by atoms with E-state index in [2.05, 4.69) is 0 Å². The first-order valence-electron chi connectivity index (χ1n) is 9.66. The van der Waals surface area contributed by atoms with Gasteiger partial charge in [0.1, 0.15) is 16.4 Å². The summed E-state index contributed by atoms with van der Waals surface area (Å²) in [6.07, 6.45) is 0.834. The van der Waals surface area contributed by atoms with Crippen molar-refractivity contribution >= 4 is 16.0 Å². The number of methoxy groups -OCH3 is 1. The van der Waals surface area contributed by atoms with Crippen molar-refractivity contribution in [1.29, 1.82) is 0 Å². The van der Waals surface area contributed by atoms with Crippen LogP contribution < -0.4 is 8.92 Å². The lowest BCUT2D eigenvalue weighted by molar-refractivity contribution is -0.137. The highest BCUT2D eigenvalue weighted by molar-refractivity contribution is 7.87. The summed E-state index contributed by atoms with van der Waals surface area (Å²) in [5, 5.41) is 0. The second-order valence-corrected chi connectivity index (χ2v) is 8.78. The molecule has 0 aliphatic carbocycles. The molecule has 2 rings (SSSR count). The van der Waals surface area contributed by atoms with E-state index in [4.69, 9.17) is 8.92 Å². The van der Waals surface area contributed by atoms with Gasteiger partial charge in [-0.05, 0) is 55.3 Å². The number of ether oxygens (including phenoxy) is 1. The first kappa shape index (κ1) is 22.7. The zero-order valence-corrected chi connectivity index (χ0v) is 18.4. The molecule has 0 spiro atoms. The highest BCUT2D eigenvalue weighted by atomic mass is 32.2. The smallest absolute Gasteiger partial charge is 0.339 e. The molecule has 7 heteroatoms. The third-order valence-electron chi connectivity index (χ3n) is 4.71. The molecule has 1 amide bonds. The molecule has 0 bridgehead atoms. The lowest BCUT2D eigenvalue weighted by atomic mass is 10.1. The molecule has 2 aromatic rings. The topological polar surface area (TPSA) is 72.9 Å². The molecule has 158 valence electrons. The standard InChI is InChI=1S/C22H29NO5S/c1-6-17(4)23(22(24)16(2)3)15-18-8-7-9-20(14-18)28-29(25,26)21-12-10-19(27-5)11-13-21/h7-14,16-17H,6,15H2,1-5H3/t17-/m0/s1. The summed E-state index contributed by atoms with van der Waals surface area (Å²) < 4.78 is 35.5. The number of benzene rings is 2. The molecular formula is C22H29NO5S. The quantitative estimate of drug-likeness (QED) is 0.568. The molecule has 0 saturated heterocycles. The first-order valence-corrected chi connectivity index (χ1v) is 11.1. The van der Waals surface area contributed by atoms with Crippen molar-refractivity contribution < 1.29 is 22.1 Å². The van der Waals surface area contributed by atoms with E-state index in [0.29, 0.717) is 12.3 Å². The summed E-state index contributed by atoms with van der Waals surface area (Å²) in [4.78, 5) is 14.5. The Kier molecular flexibility index (Phi) is 7.67. The maximum atomic E-state index is 12.6. The third kappa shape index (κ3) is 5.97. The van der Waals surface area contributed by atoms with Crippen LogP contribution in [0.4, 0.5) is 0 Å². The van der Waals surface area contributed by atoms with E-state index in [-0.39, 0.29) is 28.5 Å². The van der Waals surface area contributed by atoms with Crippen molar-refractivity contribution in [2.45, 2.75) is 51.6 Å². The fourth-order valence-electron chi connectivity index (χ4n) is 2.81. The lowest BCUT2D eigenvalue weighted by Gasteiger charge is -2.30. The minimum absolute atomic E-state index is 0.0416. The number of nitrogens with zero attached hydrogens (tertiary/aromatic N) is 1. The number of hydrogen-bond donors (Lipinski definition) is 0. The number of carbonyl (C=O) groups excluding carboxylic acids is 1. The molecule has 6 nitrogen and oxygen atoms in total. The van der Waals surface area contributed by atoms with Gasteiger partial charge in [0.2, 0.25) is 5.91 Å². The molecular weight excluding hydrogens is 390 g/mol. The van der Waals surface area contributed by atoms with Crippen LogP contribution in [0.25, 0.3) is 0 Å². The molecule has 0 heterocycles. The fraction of sp³-hybridized carbons (Fsp3) is 0.409. The maximum Gasteiger partial charge on any atom is 0.339 e. The molecule has 0 aliphatic rings. The van der Waals surface area contributed by atoms with Gasteiger partial charge in [-0.1, -0.05) is 32.9 Å². The highest BCUT2D eigenvalue weighted by Crippen LogP contribution is 2.23. The van der Waals surface area contributed by atoms with Crippen LogP contribution in [-0.4, -0.2) is 32.4 Å². The molecule has 0 radical (unpaired) electrons. The summed E-state index contributed by atoms with van der Waals surface area (Å²) in [6, 6.07) is 12.9.